The Bertz CT molecular complexity index is 925. The number of hydrogen-bond donors (Lipinski definition) is 0. The van der Waals surface area contributed by atoms with Gasteiger partial charge >= 0.3 is 0 Å². The van der Waals surface area contributed by atoms with Crippen LogP contribution in [0.25, 0.3) is 0 Å². The molecule has 5 nitrogen and oxygen atoms in total. The van der Waals surface area contributed by atoms with E-state index in [9.17, 15) is 4.79 Å². The summed E-state index contributed by atoms with van der Waals surface area (Å²) in [5.41, 5.74) is 4.47. The van der Waals surface area contributed by atoms with Gasteiger partial charge in [-0.2, -0.15) is 0 Å². The van der Waals surface area contributed by atoms with E-state index in [-0.39, 0.29) is 11.8 Å². The number of fused-ring (bicyclic) bond motifs is 1. The molecule has 0 N–H and O–H groups in total. The molecule has 1 aromatic heterocycles. The minimum atomic E-state index is 0.0123. The maximum Gasteiger partial charge on any atom is 0.236 e. The fraction of sp³-hybridized carbons (Fsp3) is 0.360. The maximum atomic E-state index is 12.6. The van der Waals surface area contributed by atoms with E-state index in [0.717, 1.165) is 43.1 Å². The molecular weight excluding hydrogens is 374 g/mol. The lowest BCUT2D eigenvalue weighted by molar-refractivity contribution is -0.132. The highest BCUT2D eigenvalue weighted by Crippen LogP contribution is 2.36. The number of likely N-dealkylation sites (N-methyl/N-ethyl adjacent to an activating group) is 1. The van der Waals surface area contributed by atoms with E-state index in [4.69, 9.17) is 4.52 Å². The first-order chi connectivity index (χ1) is 14.7. The monoisotopic (exact) mass is 403 g/mol. The van der Waals surface area contributed by atoms with E-state index in [1.165, 1.54) is 11.1 Å². The van der Waals surface area contributed by atoms with Crippen LogP contribution in [0, 0.1) is 0 Å². The molecule has 0 unspecified atom stereocenters. The molecule has 30 heavy (non-hydrogen) atoms. The molecule has 0 fully saturated rings. The fourth-order valence-electron chi connectivity index (χ4n) is 4.31. The van der Waals surface area contributed by atoms with Crippen molar-refractivity contribution in [3.8, 4) is 0 Å². The molecule has 5 heteroatoms. The summed E-state index contributed by atoms with van der Waals surface area (Å²) in [7, 11) is 0. The molecule has 2 aromatic carbocycles. The molecule has 1 amide bonds. The average Bonchev–Trinajstić information content (AvgIpc) is 3.19. The van der Waals surface area contributed by atoms with E-state index in [1.807, 2.05) is 30.9 Å². The van der Waals surface area contributed by atoms with Crippen molar-refractivity contribution >= 4 is 5.91 Å². The van der Waals surface area contributed by atoms with Gasteiger partial charge in [0.15, 0.2) is 0 Å². The normalized spacial score (nSPS) is 14.0. The molecule has 4 rings (SSSR count). The topological polar surface area (TPSA) is 49.6 Å². The number of aromatic nitrogens is 1. The Hall–Kier alpha value is -2.92. The third-order valence-electron chi connectivity index (χ3n) is 5.95. The molecular formula is C25H29N3O2. The Morgan fingerprint density at radius 1 is 1.03 bits per heavy atom. The van der Waals surface area contributed by atoms with E-state index in [2.05, 4.69) is 58.6 Å². The highest BCUT2D eigenvalue weighted by atomic mass is 16.5. The summed E-state index contributed by atoms with van der Waals surface area (Å²) in [6.07, 6.45) is 0.782. The van der Waals surface area contributed by atoms with Crippen molar-refractivity contribution in [2.75, 3.05) is 26.2 Å². The predicted molar refractivity (Wildman–Crippen MR) is 117 cm³/mol. The molecule has 0 saturated heterocycles. The minimum Gasteiger partial charge on any atom is -0.361 e. The first-order valence-corrected chi connectivity index (χ1v) is 10.8. The van der Waals surface area contributed by atoms with Gasteiger partial charge in [-0.1, -0.05) is 65.8 Å². The van der Waals surface area contributed by atoms with Crippen LogP contribution in [-0.4, -0.2) is 47.0 Å². The second-order valence-corrected chi connectivity index (χ2v) is 7.75. The van der Waals surface area contributed by atoms with Crippen LogP contribution < -0.4 is 0 Å². The van der Waals surface area contributed by atoms with Gasteiger partial charge in [-0.15, -0.1) is 0 Å². The first kappa shape index (κ1) is 20.4. The lowest BCUT2D eigenvalue weighted by atomic mass is 9.85. The van der Waals surface area contributed by atoms with E-state index in [1.54, 1.807) is 0 Å². The number of rotatable bonds is 7. The Labute approximate surface area is 178 Å². The van der Waals surface area contributed by atoms with Crippen molar-refractivity contribution in [2.24, 2.45) is 0 Å². The second-order valence-electron chi connectivity index (χ2n) is 7.75. The van der Waals surface area contributed by atoms with Gasteiger partial charge in [-0.25, -0.2) is 0 Å². The molecule has 0 bridgehead atoms. The highest BCUT2D eigenvalue weighted by Gasteiger charge is 2.31. The summed E-state index contributed by atoms with van der Waals surface area (Å²) < 4.78 is 5.78. The molecule has 1 aliphatic heterocycles. The van der Waals surface area contributed by atoms with Crippen LogP contribution in [0.5, 0.6) is 0 Å². The van der Waals surface area contributed by atoms with Gasteiger partial charge in [0.2, 0.25) is 5.91 Å². The highest BCUT2D eigenvalue weighted by molar-refractivity contribution is 5.78. The number of nitrogens with zero attached hydrogens (tertiary/aromatic N) is 3. The molecule has 2 heterocycles. The summed E-state index contributed by atoms with van der Waals surface area (Å²) in [4.78, 5) is 16.7. The van der Waals surface area contributed by atoms with Crippen molar-refractivity contribution in [1.82, 2.24) is 15.0 Å². The third-order valence-corrected chi connectivity index (χ3v) is 5.95. The molecule has 1 aliphatic rings. The molecule has 0 aliphatic carbocycles. The van der Waals surface area contributed by atoms with Crippen molar-refractivity contribution in [1.29, 1.82) is 0 Å². The van der Waals surface area contributed by atoms with Gasteiger partial charge in [0.1, 0.15) is 11.5 Å². The first-order valence-electron chi connectivity index (χ1n) is 10.8. The predicted octanol–water partition coefficient (Wildman–Crippen LogP) is 4.08. The smallest absolute Gasteiger partial charge is 0.236 e. The van der Waals surface area contributed by atoms with Crippen LogP contribution >= 0.6 is 0 Å². The molecule has 3 aromatic rings. The van der Waals surface area contributed by atoms with Crippen molar-refractivity contribution in [3.05, 3.63) is 88.8 Å². The Morgan fingerprint density at radius 3 is 2.20 bits per heavy atom. The van der Waals surface area contributed by atoms with Gasteiger partial charge in [-0.3, -0.25) is 9.69 Å². The Kier molecular flexibility index (Phi) is 6.29. The number of carbonyl (C=O) groups is 1. The van der Waals surface area contributed by atoms with Crippen molar-refractivity contribution in [3.63, 3.8) is 0 Å². The van der Waals surface area contributed by atoms with Crippen LogP contribution in [0.1, 0.15) is 47.9 Å². The largest absolute Gasteiger partial charge is 0.361 e. The lowest BCUT2D eigenvalue weighted by Gasteiger charge is -2.29. The number of hydrogen-bond acceptors (Lipinski definition) is 4. The molecule has 156 valence electrons. The van der Waals surface area contributed by atoms with Gasteiger partial charge in [0.25, 0.3) is 0 Å². The Morgan fingerprint density at radius 2 is 1.63 bits per heavy atom. The zero-order valence-corrected chi connectivity index (χ0v) is 17.8. The van der Waals surface area contributed by atoms with Gasteiger partial charge in [-0.05, 0) is 25.0 Å². The lowest BCUT2D eigenvalue weighted by Crippen LogP contribution is -2.42. The average molecular weight is 404 g/mol. The fourth-order valence-corrected chi connectivity index (χ4v) is 4.31. The van der Waals surface area contributed by atoms with Gasteiger partial charge in [0, 0.05) is 38.2 Å². The number of carbonyl (C=O) groups excluding carboxylic acids is 1. The summed E-state index contributed by atoms with van der Waals surface area (Å²) in [6.45, 7) is 7.49. The molecule has 0 atom stereocenters. The van der Waals surface area contributed by atoms with E-state index >= 15 is 0 Å². The second kappa shape index (κ2) is 9.26. The Balaban J connectivity index is 1.65. The summed E-state index contributed by atoms with van der Waals surface area (Å²) in [5.74, 6) is 1.15. The zero-order valence-electron chi connectivity index (χ0n) is 17.8. The van der Waals surface area contributed by atoms with Crippen LogP contribution in [0.3, 0.4) is 0 Å². The summed E-state index contributed by atoms with van der Waals surface area (Å²) in [6, 6.07) is 20.9. The summed E-state index contributed by atoms with van der Waals surface area (Å²) >= 11 is 0. The third kappa shape index (κ3) is 4.17. The molecule has 0 spiro atoms. The zero-order chi connectivity index (χ0) is 20.9. The number of benzene rings is 2. The van der Waals surface area contributed by atoms with E-state index in [0.29, 0.717) is 13.1 Å². The van der Waals surface area contributed by atoms with Crippen molar-refractivity contribution < 1.29 is 9.32 Å². The standard InChI is InChI=1S/C25H29N3O2/c1-3-28(4-2)23(29)18-27-16-15-22-21(17-27)25(26-30-22)24(19-11-7-5-8-12-19)20-13-9-6-10-14-20/h5-14,24H,3-4,15-18H2,1-2H3. The van der Waals surface area contributed by atoms with Gasteiger partial charge < -0.3 is 9.42 Å². The van der Waals surface area contributed by atoms with Crippen molar-refractivity contribution in [2.45, 2.75) is 32.7 Å². The van der Waals surface area contributed by atoms with Crippen LogP contribution in [0.2, 0.25) is 0 Å². The minimum absolute atomic E-state index is 0.0123. The SMILES string of the molecule is CCN(CC)C(=O)CN1CCc2onc(C(c3ccccc3)c3ccccc3)c2C1. The molecule has 0 radical (unpaired) electrons. The van der Waals surface area contributed by atoms with Gasteiger partial charge in [0.05, 0.1) is 12.5 Å². The van der Waals surface area contributed by atoms with E-state index < -0.39 is 0 Å². The summed E-state index contributed by atoms with van der Waals surface area (Å²) in [5, 5.41) is 4.53. The quantitative estimate of drug-likeness (QED) is 0.596. The number of amides is 1. The van der Waals surface area contributed by atoms with Crippen LogP contribution in [0.15, 0.2) is 65.2 Å². The maximum absolute atomic E-state index is 12.6. The van der Waals surface area contributed by atoms with Crippen LogP contribution in [-0.2, 0) is 17.8 Å². The molecule has 0 saturated carbocycles. The van der Waals surface area contributed by atoms with Crippen LogP contribution in [0.4, 0.5) is 0 Å².